The molecule has 110 valence electrons. The van der Waals surface area contributed by atoms with Crippen molar-refractivity contribution in [3.63, 3.8) is 0 Å². The molecule has 0 bridgehead atoms. The summed E-state index contributed by atoms with van der Waals surface area (Å²) in [6.07, 6.45) is -3.50. The lowest BCUT2D eigenvalue weighted by Gasteiger charge is -2.12. The molecule has 0 radical (unpaired) electrons. The quantitative estimate of drug-likeness (QED) is 0.462. The lowest BCUT2D eigenvalue weighted by molar-refractivity contribution is -0.141. The van der Waals surface area contributed by atoms with E-state index >= 15 is 0 Å². The third kappa shape index (κ3) is 3.48. The third-order valence-corrected chi connectivity index (χ3v) is 2.63. The molecular formula is C13H11F3N4O. The molecule has 0 saturated heterocycles. The molecule has 1 heterocycles. The van der Waals surface area contributed by atoms with Gasteiger partial charge in [-0.2, -0.15) is 13.2 Å². The monoisotopic (exact) mass is 296 g/mol. The molecule has 4 N–H and O–H groups in total. The Morgan fingerprint density at radius 3 is 2.57 bits per heavy atom. The van der Waals surface area contributed by atoms with Gasteiger partial charge in [0.25, 0.3) is 5.91 Å². The number of carbonyl (C=O) groups is 1. The van der Waals surface area contributed by atoms with E-state index in [-0.39, 0.29) is 11.3 Å². The van der Waals surface area contributed by atoms with Crippen LogP contribution in [0.15, 0.2) is 42.6 Å². The van der Waals surface area contributed by atoms with Gasteiger partial charge in [-0.3, -0.25) is 15.2 Å². The predicted octanol–water partition coefficient (Wildman–Crippen LogP) is 2.45. The number of amides is 1. The lowest BCUT2D eigenvalue weighted by Crippen LogP contribution is -2.30. The third-order valence-electron chi connectivity index (χ3n) is 2.63. The van der Waals surface area contributed by atoms with Gasteiger partial charge in [0.05, 0.1) is 11.3 Å². The van der Waals surface area contributed by atoms with Gasteiger partial charge in [-0.1, -0.05) is 12.1 Å². The van der Waals surface area contributed by atoms with Crippen LogP contribution >= 0.6 is 0 Å². The van der Waals surface area contributed by atoms with Crippen LogP contribution in [0.5, 0.6) is 0 Å². The second kappa shape index (κ2) is 5.80. The Labute approximate surface area is 118 Å². The normalized spacial score (nSPS) is 11.0. The zero-order chi connectivity index (χ0) is 15.5. The molecule has 5 nitrogen and oxygen atoms in total. The minimum Gasteiger partial charge on any atom is -0.355 e. The van der Waals surface area contributed by atoms with E-state index in [0.717, 1.165) is 12.3 Å². The zero-order valence-corrected chi connectivity index (χ0v) is 10.6. The average Bonchev–Trinajstić information content (AvgIpc) is 2.46. The topological polar surface area (TPSA) is 80.0 Å². The molecule has 1 aromatic heterocycles. The second-order valence-corrected chi connectivity index (χ2v) is 4.07. The van der Waals surface area contributed by atoms with Crippen LogP contribution < -0.4 is 16.6 Å². The minimum atomic E-state index is -4.54. The first kappa shape index (κ1) is 14.8. The van der Waals surface area contributed by atoms with Gasteiger partial charge in [-0.15, -0.1) is 0 Å². The first-order valence-electron chi connectivity index (χ1n) is 5.82. The van der Waals surface area contributed by atoms with E-state index in [1.54, 1.807) is 18.2 Å². The molecule has 8 heteroatoms. The van der Waals surface area contributed by atoms with Crippen molar-refractivity contribution in [2.24, 2.45) is 5.84 Å². The number of nitrogens with zero attached hydrogens (tertiary/aromatic N) is 1. The van der Waals surface area contributed by atoms with Crippen molar-refractivity contribution in [2.45, 2.75) is 6.18 Å². The number of pyridine rings is 1. The Hall–Kier alpha value is -2.61. The van der Waals surface area contributed by atoms with Crippen LogP contribution in [0.25, 0.3) is 0 Å². The van der Waals surface area contributed by atoms with Crippen molar-refractivity contribution < 1.29 is 18.0 Å². The van der Waals surface area contributed by atoms with Gasteiger partial charge >= 0.3 is 6.18 Å². The number of halogens is 3. The molecule has 0 fully saturated rings. The first-order chi connectivity index (χ1) is 9.91. The van der Waals surface area contributed by atoms with E-state index in [1.807, 2.05) is 5.43 Å². The number of rotatable bonds is 3. The zero-order valence-electron chi connectivity index (χ0n) is 10.6. The fourth-order valence-corrected chi connectivity index (χ4v) is 1.69. The highest BCUT2D eigenvalue weighted by atomic mass is 19.4. The van der Waals surface area contributed by atoms with E-state index in [1.165, 1.54) is 12.1 Å². The number of carbonyl (C=O) groups excluding carboxylic acids is 1. The number of nitrogens with two attached hydrogens (primary N) is 1. The molecule has 0 aliphatic carbocycles. The molecule has 0 atom stereocenters. The van der Waals surface area contributed by atoms with Gasteiger partial charge in [0.2, 0.25) is 0 Å². The Balaban J connectivity index is 2.33. The molecule has 1 aromatic carbocycles. The lowest BCUT2D eigenvalue weighted by atomic mass is 10.1. The van der Waals surface area contributed by atoms with Crippen molar-refractivity contribution in [1.82, 2.24) is 10.4 Å². The highest BCUT2D eigenvalue weighted by molar-refractivity contribution is 5.99. The maximum absolute atomic E-state index is 12.6. The van der Waals surface area contributed by atoms with Crippen molar-refractivity contribution in [3.05, 3.63) is 53.9 Å². The number of nitrogens with one attached hydrogen (secondary N) is 2. The second-order valence-electron chi connectivity index (χ2n) is 4.07. The molecular weight excluding hydrogens is 285 g/mol. The van der Waals surface area contributed by atoms with E-state index in [4.69, 9.17) is 5.84 Å². The Bertz CT molecular complexity index is 658. The summed E-state index contributed by atoms with van der Waals surface area (Å²) in [4.78, 5) is 14.8. The Morgan fingerprint density at radius 1 is 1.19 bits per heavy atom. The van der Waals surface area contributed by atoms with Gasteiger partial charge < -0.3 is 5.32 Å². The van der Waals surface area contributed by atoms with Gasteiger partial charge in [0.1, 0.15) is 5.69 Å². The van der Waals surface area contributed by atoms with Crippen LogP contribution in [-0.4, -0.2) is 10.9 Å². The molecule has 0 aliphatic rings. The SMILES string of the molecule is NNC(=O)c1ccccc1Nc1ccnc(C(F)(F)F)c1. The van der Waals surface area contributed by atoms with Crippen LogP contribution in [0.1, 0.15) is 16.1 Å². The van der Waals surface area contributed by atoms with Crippen LogP contribution in [0.2, 0.25) is 0 Å². The summed E-state index contributed by atoms with van der Waals surface area (Å²) < 4.78 is 37.8. The van der Waals surface area contributed by atoms with Gasteiger partial charge in [-0.25, -0.2) is 5.84 Å². The molecule has 2 aromatic rings. The summed E-state index contributed by atoms with van der Waals surface area (Å²) in [5.41, 5.74) is 1.66. The summed E-state index contributed by atoms with van der Waals surface area (Å²) in [6.45, 7) is 0. The number of alkyl halides is 3. The summed E-state index contributed by atoms with van der Waals surface area (Å²) in [6, 6.07) is 8.53. The number of hydrogen-bond acceptors (Lipinski definition) is 4. The molecule has 2 rings (SSSR count). The van der Waals surface area contributed by atoms with Crippen LogP contribution in [0, 0.1) is 0 Å². The number of hydrazine groups is 1. The van der Waals surface area contributed by atoms with Crippen LogP contribution in [0.3, 0.4) is 0 Å². The summed E-state index contributed by atoms with van der Waals surface area (Å²) >= 11 is 0. The van der Waals surface area contributed by atoms with E-state index < -0.39 is 17.8 Å². The standard InChI is InChI=1S/C13H11F3N4O/c14-13(15,16)11-7-8(5-6-18-11)19-10-4-2-1-3-9(10)12(21)20-17/h1-7H,17H2,(H,18,19)(H,20,21). The molecule has 1 amide bonds. The summed E-state index contributed by atoms with van der Waals surface area (Å²) in [7, 11) is 0. The Morgan fingerprint density at radius 2 is 1.90 bits per heavy atom. The molecule has 0 saturated carbocycles. The van der Waals surface area contributed by atoms with Crippen LogP contribution in [-0.2, 0) is 6.18 Å². The number of aromatic nitrogens is 1. The highest BCUT2D eigenvalue weighted by Crippen LogP contribution is 2.30. The van der Waals surface area contributed by atoms with Gasteiger partial charge in [0.15, 0.2) is 0 Å². The largest absolute Gasteiger partial charge is 0.433 e. The summed E-state index contributed by atoms with van der Waals surface area (Å²) in [5.74, 6) is 4.51. The van der Waals surface area contributed by atoms with Crippen molar-refractivity contribution in [3.8, 4) is 0 Å². The first-order valence-corrected chi connectivity index (χ1v) is 5.82. The molecule has 0 unspecified atom stereocenters. The maximum Gasteiger partial charge on any atom is 0.433 e. The van der Waals surface area contributed by atoms with Crippen molar-refractivity contribution in [1.29, 1.82) is 0 Å². The molecule has 0 aliphatic heterocycles. The highest BCUT2D eigenvalue weighted by Gasteiger charge is 2.32. The van der Waals surface area contributed by atoms with Gasteiger partial charge in [0, 0.05) is 11.9 Å². The fourth-order valence-electron chi connectivity index (χ4n) is 1.69. The molecule has 0 spiro atoms. The summed E-state index contributed by atoms with van der Waals surface area (Å²) in [5, 5.41) is 2.74. The van der Waals surface area contributed by atoms with Crippen LogP contribution in [0.4, 0.5) is 24.5 Å². The molecule has 21 heavy (non-hydrogen) atoms. The minimum absolute atomic E-state index is 0.162. The van der Waals surface area contributed by atoms with Crippen molar-refractivity contribution >= 4 is 17.3 Å². The van der Waals surface area contributed by atoms with E-state index in [2.05, 4.69) is 10.3 Å². The van der Waals surface area contributed by atoms with Crippen molar-refractivity contribution in [2.75, 3.05) is 5.32 Å². The van der Waals surface area contributed by atoms with E-state index in [9.17, 15) is 18.0 Å². The average molecular weight is 296 g/mol. The number of anilines is 2. The Kier molecular flexibility index (Phi) is 4.08. The van der Waals surface area contributed by atoms with E-state index in [0.29, 0.717) is 5.69 Å². The number of benzene rings is 1. The maximum atomic E-state index is 12.6. The predicted molar refractivity (Wildman–Crippen MR) is 70.6 cm³/mol. The number of hydrogen-bond donors (Lipinski definition) is 3. The number of nitrogen functional groups attached to an aromatic ring is 1. The number of para-hydroxylation sites is 1. The fraction of sp³-hybridized carbons (Fsp3) is 0.0769. The van der Waals surface area contributed by atoms with Gasteiger partial charge in [-0.05, 0) is 24.3 Å². The smallest absolute Gasteiger partial charge is 0.355 e.